The molecule has 1 amide bonds. The van der Waals surface area contributed by atoms with Crippen LogP contribution in [0.1, 0.15) is 45.8 Å². The summed E-state index contributed by atoms with van der Waals surface area (Å²) < 4.78 is 0. The molecule has 0 spiro atoms. The Labute approximate surface area is 156 Å². The normalized spacial score (nSPS) is 10.5. The van der Waals surface area contributed by atoms with E-state index >= 15 is 0 Å². The first kappa shape index (κ1) is 19.3. The Morgan fingerprint density at radius 1 is 1.00 bits per heavy atom. The second-order valence-corrected chi connectivity index (χ2v) is 7.44. The molecule has 6 heteroatoms. The summed E-state index contributed by atoms with van der Waals surface area (Å²) in [5, 5.41) is 3.35. The summed E-state index contributed by atoms with van der Waals surface area (Å²) in [7, 11) is 0. The molecule has 0 radical (unpaired) electrons. The van der Waals surface area contributed by atoms with Gasteiger partial charge in [-0.2, -0.15) is 0 Å². The molecule has 0 atom stereocenters. The number of hydrogen-bond acceptors (Lipinski definition) is 4. The number of ketones is 2. The Bertz CT molecular complexity index is 770. The average molecular weight is 378 g/mol. The lowest BCUT2D eigenvalue weighted by atomic mass is 10.1. The number of thiophene rings is 1. The molecule has 0 aliphatic carbocycles. The number of carbonyl (C=O) groups excluding carboxylic acids is 3. The van der Waals surface area contributed by atoms with Crippen molar-refractivity contribution in [3.8, 4) is 0 Å². The number of benzene rings is 1. The number of halogens is 1. The maximum absolute atomic E-state index is 12.0. The van der Waals surface area contributed by atoms with Gasteiger partial charge in [0.2, 0.25) is 5.91 Å². The van der Waals surface area contributed by atoms with E-state index in [-0.39, 0.29) is 43.2 Å². The van der Waals surface area contributed by atoms with E-state index in [9.17, 15) is 14.4 Å². The zero-order chi connectivity index (χ0) is 18.2. The maximum Gasteiger partial charge on any atom is 0.220 e. The van der Waals surface area contributed by atoms with Crippen molar-refractivity contribution in [2.45, 2.75) is 39.2 Å². The first-order valence-corrected chi connectivity index (χ1v) is 9.26. The van der Waals surface area contributed by atoms with E-state index < -0.39 is 0 Å². The third kappa shape index (κ3) is 6.44. The third-order valence-corrected chi connectivity index (χ3v) is 5.12. The summed E-state index contributed by atoms with van der Waals surface area (Å²) in [6.07, 6.45) is 0.633. The second kappa shape index (κ2) is 9.49. The molecule has 0 bridgehead atoms. The molecule has 1 N–H and O–H groups in total. The zero-order valence-corrected chi connectivity index (χ0v) is 15.6. The molecule has 1 aromatic heterocycles. The van der Waals surface area contributed by atoms with Crippen molar-refractivity contribution in [2.75, 3.05) is 0 Å². The topological polar surface area (TPSA) is 63.2 Å². The van der Waals surface area contributed by atoms with Crippen molar-refractivity contribution in [1.29, 1.82) is 0 Å². The van der Waals surface area contributed by atoms with Crippen LogP contribution in [0.4, 0.5) is 0 Å². The predicted molar refractivity (Wildman–Crippen MR) is 100 cm³/mol. The first-order valence-electron chi connectivity index (χ1n) is 8.07. The number of aryl methyl sites for hydroxylation is 1. The van der Waals surface area contributed by atoms with Crippen LogP contribution in [0.15, 0.2) is 36.4 Å². The number of rotatable bonds is 9. The van der Waals surface area contributed by atoms with Crippen LogP contribution in [-0.2, 0) is 16.1 Å². The minimum Gasteiger partial charge on any atom is -0.352 e. The highest BCUT2D eigenvalue weighted by atomic mass is 35.5. The van der Waals surface area contributed by atoms with E-state index in [1.54, 1.807) is 12.1 Å². The van der Waals surface area contributed by atoms with Crippen molar-refractivity contribution < 1.29 is 14.4 Å². The van der Waals surface area contributed by atoms with Gasteiger partial charge >= 0.3 is 0 Å². The van der Waals surface area contributed by atoms with Gasteiger partial charge in [-0.15, -0.1) is 11.3 Å². The molecule has 0 unspecified atom stereocenters. The van der Waals surface area contributed by atoms with Crippen molar-refractivity contribution in [3.63, 3.8) is 0 Å². The quantitative estimate of drug-likeness (QED) is 0.661. The first-order chi connectivity index (χ1) is 12.0. The van der Waals surface area contributed by atoms with E-state index in [2.05, 4.69) is 5.32 Å². The lowest BCUT2D eigenvalue weighted by Gasteiger charge is -2.06. The average Bonchev–Trinajstić information content (AvgIpc) is 3.03. The van der Waals surface area contributed by atoms with Gasteiger partial charge in [0.05, 0.1) is 4.88 Å². The Kier molecular flexibility index (Phi) is 7.34. The van der Waals surface area contributed by atoms with Crippen LogP contribution in [-0.4, -0.2) is 17.5 Å². The van der Waals surface area contributed by atoms with Crippen LogP contribution >= 0.6 is 22.9 Å². The van der Waals surface area contributed by atoms with Crippen LogP contribution in [0.3, 0.4) is 0 Å². The molecular weight excluding hydrogens is 358 g/mol. The standard InChI is InChI=1S/C19H20ClNO3S/c1-13-6-10-18(25-13)17(23)9-7-15(22)8-11-19(24)21-12-14-4-2-3-5-16(14)20/h2-6,10H,7-9,11-12H2,1H3,(H,21,24). The van der Waals surface area contributed by atoms with E-state index in [1.807, 2.05) is 31.2 Å². The molecule has 1 heterocycles. The molecule has 2 aromatic rings. The Morgan fingerprint density at radius 2 is 1.72 bits per heavy atom. The van der Waals surface area contributed by atoms with Crippen LogP contribution in [0.2, 0.25) is 5.02 Å². The van der Waals surface area contributed by atoms with Gasteiger partial charge < -0.3 is 5.32 Å². The Balaban J connectivity index is 1.66. The van der Waals surface area contributed by atoms with Crippen LogP contribution in [0, 0.1) is 6.92 Å². The Hall–Kier alpha value is -1.98. The van der Waals surface area contributed by atoms with E-state index in [1.165, 1.54) is 11.3 Å². The lowest BCUT2D eigenvalue weighted by molar-refractivity contribution is -0.125. The molecule has 2 rings (SSSR count). The van der Waals surface area contributed by atoms with E-state index in [0.717, 1.165) is 10.4 Å². The molecular formula is C19H20ClNO3S. The zero-order valence-electron chi connectivity index (χ0n) is 14.0. The van der Waals surface area contributed by atoms with Gasteiger partial charge in [-0.05, 0) is 30.7 Å². The lowest BCUT2D eigenvalue weighted by Crippen LogP contribution is -2.23. The summed E-state index contributed by atoms with van der Waals surface area (Å²) in [5.41, 5.74) is 0.834. The van der Waals surface area contributed by atoms with Crippen LogP contribution in [0.25, 0.3) is 0 Å². The SMILES string of the molecule is Cc1ccc(C(=O)CCC(=O)CCC(=O)NCc2ccccc2Cl)s1. The van der Waals surface area contributed by atoms with Gasteiger partial charge in [-0.3, -0.25) is 14.4 Å². The molecule has 0 aliphatic rings. The van der Waals surface area contributed by atoms with E-state index in [4.69, 9.17) is 11.6 Å². The molecule has 0 saturated carbocycles. The summed E-state index contributed by atoms with van der Waals surface area (Å²) in [4.78, 5) is 37.4. The highest BCUT2D eigenvalue weighted by Gasteiger charge is 2.12. The Morgan fingerprint density at radius 3 is 2.40 bits per heavy atom. The fourth-order valence-electron chi connectivity index (χ4n) is 2.26. The predicted octanol–water partition coefficient (Wildman–Crippen LogP) is 4.34. The summed E-state index contributed by atoms with van der Waals surface area (Å²) in [5.74, 6) is -0.294. The minimum atomic E-state index is -0.200. The van der Waals surface area contributed by atoms with Crippen molar-refractivity contribution in [3.05, 3.63) is 56.7 Å². The van der Waals surface area contributed by atoms with E-state index in [0.29, 0.717) is 16.4 Å². The van der Waals surface area contributed by atoms with Crippen molar-refractivity contribution >= 4 is 40.4 Å². The van der Waals surface area contributed by atoms with Gasteiger partial charge in [0.25, 0.3) is 0 Å². The molecule has 0 fully saturated rings. The fraction of sp³-hybridized carbons (Fsp3) is 0.316. The maximum atomic E-state index is 12.0. The monoisotopic (exact) mass is 377 g/mol. The highest BCUT2D eigenvalue weighted by molar-refractivity contribution is 7.14. The number of carbonyl (C=O) groups is 3. The molecule has 4 nitrogen and oxygen atoms in total. The number of nitrogens with one attached hydrogen (secondary N) is 1. The molecule has 25 heavy (non-hydrogen) atoms. The summed E-state index contributed by atoms with van der Waals surface area (Å²) in [6.45, 7) is 2.27. The minimum absolute atomic E-state index is 0.0189. The fourth-order valence-corrected chi connectivity index (χ4v) is 3.30. The van der Waals surface area contributed by atoms with Gasteiger partial charge in [0.1, 0.15) is 5.78 Å². The van der Waals surface area contributed by atoms with Crippen LogP contribution in [0.5, 0.6) is 0 Å². The van der Waals surface area contributed by atoms with Crippen molar-refractivity contribution in [2.24, 2.45) is 0 Å². The number of Topliss-reactive ketones (excluding diaryl/α,β-unsaturated/α-hetero) is 2. The van der Waals surface area contributed by atoms with Gasteiger partial charge in [-0.25, -0.2) is 0 Å². The third-order valence-electron chi connectivity index (χ3n) is 3.71. The van der Waals surface area contributed by atoms with Gasteiger partial charge in [0, 0.05) is 42.1 Å². The molecule has 132 valence electrons. The molecule has 0 aliphatic heterocycles. The van der Waals surface area contributed by atoms with Crippen molar-refractivity contribution in [1.82, 2.24) is 5.32 Å². The smallest absolute Gasteiger partial charge is 0.220 e. The summed E-state index contributed by atoms with van der Waals surface area (Å²) >= 11 is 7.46. The number of hydrogen-bond donors (Lipinski definition) is 1. The number of amides is 1. The van der Waals surface area contributed by atoms with Gasteiger partial charge in [0.15, 0.2) is 5.78 Å². The molecule has 1 aromatic carbocycles. The summed E-state index contributed by atoms with van der Waals surface area (Å²) in [6, 6.07) is 11.0. The second-order valence-electron chi connectivity index (χ2n) is 5.74. The highest BCUT2D eigenvalue weighted by Crippen LogP contribution is 2.18. The largest absolute Gasteiger partial charge is 0.352 e. The van der Waals surface area contributed by atoms with Crippen LogP contribution < -0.4 is 5.32 Å². The van der Waals surface area contributed by atoms with Gasteiger partial charge in [-0.1, -0.05) is 29.8 Å². The molecule has 0 saturated heterocycles.